The molecule has 4 aromatic rings. The Kier molecular flexibility index (Phi) is 7.66. The maximum atomic E-state index is 13.3. The van der Waals surface area contributed by atoms with Crippen molar-refractivity contribution in [2.45, 2.75) is 12.1 Å². The van der Waals surface area contributed by atoms with Crippen molar-refractivity contribution in [2.75, 3.05) is 5.75 Å². The molecule has 9 nitrogen and oxygen atoms in total. The van der Waals surface area contributed by atoms with Gasteiger partial charge in [-0.15, -0.1) is 0 Å². The number of thioether (sulfide) groups is 1. The number of hydrogen-bond acceptors (Lipinski definition) is 7. The van der Waals surface area contributed by atoms with Gasteiger partial charge in [0.1, 0.15) is 0 Å². The van der Waals surface area contributed by atoms with Gasteiger partial charge in [0.25, 0.3) is 17.2 Å². The standard InChI is InChI=1S/C26H21N5O4S/c1-18-9-2-6-14-22(18)30-25(33)20-12-4-5-13-21(20)28-26(30)36-17-24(32)29-27-16-8-11-19-10-3-7-15-23(19)31(34)35/h2-16H,17H2,1H3,(H,29,32)/b11-8+,27-16?. The molecule has 0 unspecified atom stereocenters. The number of rotatable bonds is 8. The topological polar surface area (TPSA) is 119 Å². The van der Waals surface area contributed by atoms with Gasteiger partial charge in [-0.2, -0.15) is 5.10 Å². The quantitative estimate of drug-likeness (QED) is 0.125. The average molecular weight is 500 g/mol. The highest BCUT2D eigenvalue weighted by Crippen LogP contribution is 2.23. The number of benzene rings is 3. The number of carbonyl (C=O) groups excluding carboxylic acids is 1. The summed E-state index contributed by atoms with van der Waals surface area (Å²) in [6.07, 6.45) is 4.36. The molecular weight excluding hydrogens is 478 g/mol. The number of amides is 1. The minimum absolute atomic E-state index is 0.0230. The number of fused-ring (bicyclic) bond motifs is 1. The van der Waals surface area contributed by atoms with E-state index < -0.39 is 10.8 Å². The predicted octanol–water partition coefficient (Wildman–Crippen LogP) is 4.51. The number of aryl methyl sites for hydroxylation is 1. The van der Waals surface area contributed by atoms with Crippen LogP contribution in [0.5, 0.6) is 0 Å². The summed E-state index contributed by atoms with van der Waals surface area (Å²) in [6.45, 7) is 1.91. The normalized spacial score (nSPS) is 11.4. The molecule has 36 heavy (non-hydrogen) atoms. The highest BCUT2D eigenvalue weighted by Gasteiger charge is 2.16. The first-order valence-corrected chi connectivity index (χ1v) is 11.9. The highest BCUT2D eigenvalue weighted by atomic mass is 32.2. The third-order valence-electron chi connectivity index (χ3n) is 5.19. The van der Waals surface area contributed by atoms with E-state index in [0.717, 1.165) is 17.3 Å². The van der Waals surface area contributed by atoms with Gasteiger partial charge in [0.15, 0.2) is 5.16 Å². The van der Waals surface area contributed by atoms with Gasteiger partial charge in [0, 0.05) is 12.3 Å². The molecule has 180 valence electrons. The molecule has 0 saturated heterocycles. The Morgan fingerprint density at radius 2 is 1.83 bits per heavy atom. The number of hydrazone groups is 1. The average Bonchev–Trinajstić information content (AvgIpc) is 2.88. The number of aromatic nitrogens is 2. The van der Waals surface area contributed by atoms with Crippen LogP contribution in [0.1, 0.15) is 11.1 Å². The molecule has 4 rings (SSSR count). The molecular formula is C26H21N5O4S. The Labute approximate surface area is 210 Å². The summed E-state index contributed by atoms with van der Waals surface area (Å²) < 4.78 is 1.52. The Hall–Kier alpha value is -4.57. The summed E-state index contributed by atoms with van der Waals surface area (Å²) in [6, 6.07) is 20.9. The first-order chi connectivity index (χ1) is 17.5. The molecule has 1 aromatic heterocycles. The Bertz CT molecular complexity index is 1560. The zero-order chi connectivity index (χ0) is 25.5. The van der Waals surface area contributed by atoms with Gasteiger partial charge in [0.05, 0.1) is 32.8 Å². The summed E-state index contributed by atoms with van der Waals surface area (Å²) in [5.74, 6) is -0.420. The van der Waals surface area contributed by atoms with Crippen LogP contribution < -0.4 is 11.0 Å². The fraction of sp³-hybridized carbons (Fsp3) is 0.0769. The minimum atomic E-state index is -0.465. The molecule has 10 heteroatoms. The lowest BCUT2D eigenvalue weighted by molar-refractivity contribution is -0.385. The Balaban J connectivity index is 1.48. The number of nitrogens with one attached hydrogen (secondary N) is 1. The molecule has 0 aliphatic heterocycles. The summed E-state index contributed by atoms with van der Waals surface area (Å²) >= 11 is 1.13. The van der Waals surface area contributed by atoms with E-state index in [1.54, 1.807) is 42.5 Å². The maximum absolute atomic E-state index is 13.3. The van der Waals surface area contributed by atoms with Crippen molar-refractivity contribution in [3.63, 3.8) is 0 Å². The van der Waals surface area contributed by atoms with Crippen molar-refractivity contribution < 1.29 is 9.72 Å². The zero-order valence-electron chi connectivity index (χ0n) is 19.2. The lowest BCUT2D eigenvalue weighted by atomic mass is 10.2. The lowest BCUT2D eigenvalue weighted by Crippen LogP contribution is -2.24. The predicted molar refractivity (Wildman–Crippen MR) is 142 cm³/mol. The van der Waals surface area contributed by atoms with Crippen LogP contribution in [0.15, 0.2) is 93.9 Å². The van der Waals surface area contributed by atoms with E-state index in [1.165, 1.54) is 29.0 Å². The molecule has 0 bridgehead atoms. The smallest absolute Gasteiger partial charge is 0.272 e. The SMILES string of the molecule is Cc1ccccc1-n1c(SCC(=O)NN=C/C=C/c2ccccc2[N+](=O)[O-])nc2ccccc2c1=O. The minimum Gasteiger partial charge on any atom is -0.272 e. The molecule has 1 N–H and O–H groups in total. The summed E-state index contributed by atoms with van der Waals surface area (Å²) in [5, 5.41) is 15.8. The number of nitrogens with zero attached hydrogens (tertiary/aromatic N) is 4. The third kappa shape index (κ3) is 5.56. The summed E-state index contributed by atoms with van der Waals surface area (Å²) in [4.78, 5) is 40.9. The van der Waals surface area contributed by atoms with Crippen LogP contribution in [-0.4, -0.2) is 32.3 Å². The van der Waals surface area contributed by atoms with Gasteiger partial charge in [-0.3, -0.25) is 24.3 Å². The molecule has 1 heterocycles. The number of nitro groups is 1. The van der Waals surface area contributed by atoms with Gasteiger partial charge < -0.3 is 0 Å². The van der Waals surface area contributed by atoms with Crippen LogP contribution in [0, 0.1) is 17.0 Å². The van der Waals surface area contributed by atoms with E-state index in [-0.39, 0.29) is 17.0 Å². The first kappa shape index (κ1) is 24.6. The maximum Gasteiger partial charge on any atom is 0.276 e. The molecule has 0 fully saturated rings. The zero-order valence-corrected chi connectivity index (χ0v) is 20.0. The molecule has 3 aromatic carbocycles. The van der Waals surface area contributed by atoms with Gasteiger partial charge >= 0.3 is 0 Å². The van der Waals surface area contributed by atoms with Crippen molar-refractivity contribution in [3.8, 4) is 5.69 Å². The molecule has 0 spiro atoms. The van der Waals surface area contributed by atoms with E-state index >= 15 is 0 Å². The third-order valence-corrected chi connectivity index (χ3v) is 6.13. The van der Waals surface area contributed by atoms with Crippen LogP contribution in [0.2, 0.25) is 0 Å². The number of carbonyl (C=O) groups is 1. The Morgan fingerprint density at radius 3 is 2.64 bits per heavy atom. The fourth-order valence-electron chi connectivity index (χ4n) is 3.49. The van der Waals surface area contributed by atoms with Crippen molar-refractivity contribution in [3.05, 3.63) is 110 Å². The lowest BCUT2D eigenvalue weighted by Gasteiger charge is -2.14. The summed E-state index contributed by atoms with van der Waals surface area (Å²) in [7, 11) is 0. The van der Waals surface area contributed by atoms with Crippen molar-refractivity contribution >= 4 is 46.5 Å². The number of hydrogen-bond donors (Lipinski definition) is 1. The van der Waals surface area contributed by atoms with E-state index in [4.69, 9.17) is 0 Å². The second-order valence-electron chi connectivity index (χ2n) is 7.62. The Morgan fingerprint density at radius 1 is 1.11 bits per heavy atom. The van der Waals surface area contributed by atoms with Gasteiger partial charge in [-0.25, -0.2) is 10.4 Å². The van der Waals surface area contributed by atoms with Crippen LogP contribution >= 0.6 is 11.8 Å². The van der Waals surface area contributed by atoms with E-state index in [1.807, 2.05) is 31.2 Å². The van der Waals surface area contributed by atoms with Crippen LogP contribution in [0.4, 0.5) is 5.69 Å². The number of nitro benzene ring substituents is 1. The summed E-state index contributed by atoms with van der Waals surface area (Å²) in [5.41, 5.74) is 4.74. The van der Waals surface area contributed by atoms with Gasteiger partial charge in [-0.1, -0.05) is 54.2 Å². The second-order valence-corrected chi connectivity index (χ2v) is 8.56. The molecule has 0 aliphatic carbocycles. The largest absolute Gasteiger partial charge is 0.276 e. The van der Waals surface area contributed by atoms with E-state index in [0.29, 0.717) is 27.3 Å². The molecule has 0 atom stereocenters. The number of para-hydroxylation sites is 3. The molecule has 1 amide bonds. The fourth-order valence-corrected chi connectivity index (χ4v) is 4.29. The van der Waals surface area contributed by atoms with Crippen molar-refractivity contribution in [2.24, 2.45) is 5.10 Å². The van der Waals surface area contributed by atoms with Gasteiger partial charge in [0.2, 0.25) is 0 Å². The van der Waals surface area contributed by atoms with Crippen LogP contribution in [-0.2, 0) is 4.79 Å². The highest BCUT2D eigenvalue weighted by molar-refractivity contribution is 7.99. The molecule has 0 radical (unpaired) electrons. The van der Waals surface area contributed by atoms with Crippen molar-refractivity contribution in [1.82, 2.24) is 15.0 Å². The van der Waals surface area contributed by atoms with Crippen LogP contribution in [0.3, 0.4) is 0 Å². The number of allylic oxidation sites excluding steroid dienone is 1. The van der Waals surface area contributed by atoms with Crippen molar-refractivity contribution in [1.29, 1.82) is 0 Å². The molecule has 0 aliphatic rings. The first-order valence-electron chi connectivity index (χ1n) is 10.9. The monoisotopic (exact) mass is 499 g/mol. The van der Waals surface area contributed by atoms with E-state index in [2.05, 4.69) is 15.5 Å². The van der Waals surface area contributed by atoms with Gasteiger partial charge in [-0.05, 0) is 48.9 Å². The van der Waals surface area contributed by atoms with E-state index in [9.17, 15) is 19.7 Å². The van der Waals surface area contributed by atoms with Crippen LogP contribution in [0.25, 0.3) is 22.7 Å². The molecule has 0 saturated carbocycles. The second kappa shape index (κ2) is 11.2.